The fraction of sp³-hybridized carbons (Fsp3) is 0.588. The molecule has 20 heavy (non-hydrogen) atoms. The zero-order valence-electron chi connectivity index (χ0n) is 11.9. The predicted octanol–water partition coefficient (Wildman–Crippen LogP) is 3.25. The smallest absolute Gasteiger partial charge is 0.303 e. The van der Waals surface area contributed by atoms with Crippen LogP contribution in [0.15, 0.2) is 24.3 Å². The molecule has 1 aromatic rings. The quantitative estimate of drug-likeness (QED) is 0.865. The Morgan fingerprint density at radius 2 is 2.05 bits per heavy atom. The van der Waals surface area contributed by atoms with E-state index in [0.717, 1.165) is 6.54 Å². The lowest BCUT2D eigenvalue weighted by molar-refractivity contribution is -0.137. The zero-order valence-corrected chi connectivity index (χ0v) is 11.9. The largest absolute Gasteiger partial charge is 0.481 e. The number of aliphatic carboxylic acids is 1. The average Bonchev–Trinajstić information content (AvgIpc) is 3.14. The van der Waals surface area contributed by atoms with E-state index < -0.39 is 5.97 Å². The summed E-state index contributed by atoms with van der Waals surface area (Å²) in [6.45, 7) is 3.41. The summed E-state index contributed by atoms with van der Waals surface area (Å²) in [7, 11) is 0. The Balaban J connectivity index is 1.72. The van der Waals surface area contributed by atoms with Crippen LogP contribution in [0, 0.1) is 5.92 Å². The summed E-state index contributed by atoms with van der Waals surface area (Å²) >= 11 is 0. The van der Waals surface area contributed by atoms with Crippen molar-refractivity contribution in [1.82, 2.24) is 4.90 Å². The molecule has 108 valence electrons. The Labute approximate surface area is 120 Å². The second-order valence-electron chi connectivity index (χ2n) is 6.27. The van der Waals surface area contributed by atoms with Crippen LogP contribution in [0.5, 0.6) is 0 Å². The standard InChI is InChI=1S/C17H23NO2/c19-17(20)11-16(14-6-7-14)15-5-3-4-13(10-15)12-18-8-1-2-9-18/h3-5,10,14,16H,1-2,6-9,11-12H2,(H,19,20). The van der Waals surface area contributed by atoms with E-state index in [-0.39, 0.29) is 12.3 Å². The van der Waals surface area contributed by atoms with Crippen LogP contribution in [0.4, 0.5) is 0 Å². The van der Waals surface area contributed by atoms with E-state index in [9.17, 15) is 4.79 Å². The van der Waals surface area contributed by atoms with Crippen LogP contribution in [0.3, 0.4) is 0 Å². The summed E-state index contributed by atoms with van der Waals surface area (Å²) in [5.74, 6) is 0.131. The molecular formula is C17H23NO2. The van der Waals surface area contributed by atoms with Crippen molar-refractivity contribution in [3.63, 3.8) is 0 Å². The minimum absolute atomic E-state index is 0.214. The second-order valence-corrected chi connectivity index (χ2v) is 6.27. The number of likely N-dealkylation sites (tertiary alicyclic amines) is 1. The number of carbonyl (C=O) groups is 1. The van der Waals surface area contributed by atoms with Gasteiger partial charge >= 0.3 is 5.97 Å². The van der Waals surface area contributed by atoms with Crippen molar-refractivity contribution in [3.8, 4) is 0 Å². The van der Waals surface area contributed by atoms with Crippen molar-refractivity contribution in [2.45, 2.75) is 44.6 Å². The van der Waals surface area contributed by atoms with E-state index >= 15 is 0 Å². The van der Waals surface area contributed by atoms with E-state index in [1.165, 1.54) is 49.9 Å². The minimum atomic E-state index is -0.674. The number of carboxylic acids is 1. The third-order valence-corrected chi connectivity index (χ3v) is 4.57. The van der Waals surface area contributed by atoms with Gasteiger partial charge in [0, 0.05) is 6.54 Å². The first-order chi connectivity index (χ1) is 9.72. The third-order valence-electron chi connectivity index (χ3n) is 4.57. The molecule has 0 radical (unpaired) electrons. The van der Waals surface area contributed by atoms with Gasteiger partial charge in [-0.1, -0.05) is 24.3 Å². The van der Waals surface area contributed by atoms with E-state index in [1.54, 1.807) is 0 Å². The van der Waals surface area contributed by atoms with Gasteiger partial charge in [0.1, 0.15) is 0 Å². The molecule has 0 bridgehead atoms. The first-order valence-electron chi connectivity index (χ1n) is 7.75. The van der Waals surface area contributed by atoms with Gasteiger partial charge in [0.2, 0.25) is 0 Å². The number of carboxylic acid groups (broad SMARTS) is 1. The number of benzene rings is 1. The lowest BCUT2D eigenvalue weighted by Crippen LogP contribution is -2.18. The maximum atomic E-state index is 11.1. The summed E-state index contributed by atoms with van der Waals surface area (Å²) in [5, 5.41) is 9.11. The fourth-order valence-corrected chi connectivity index (χ4v) is 3.36. The predicted molar refractivity (Wildman–Crippen MR) is 78.7 cm³/mol. The van der Waals surface area contributed by atoms with Gasteiger partial charge in [0.25, 0.3) is 0 Å². The molecule has 1 aliphatic carbocycles. The SMILES string of the molecule is O=C(O)CC(c1cccc(CN2CCCC2)c1)C1CC1. The highest BCUT2D eigenvalue weighted by Gasteiger charge is 2.33. The van der Waals surface area contributed by atoms with Gasteiger partial charge in [-0.2, -0.15) is 0 Å². The van der Waals surface area contributed by atoms with E-state index in [1.807, 2.05) is 0 Å². The van der Waals surface area contributed by atoms with Crippen LogP contribution in [0.1, 0.15) is 49.1 Å². The second kappa shape index (κ2) is 5.96. The molecule has 0 amide bonds. The van der Waals surface area contributed by atoms with Gasteiger partial charge in [-0.25, -0.2) is 0 Å². The number of rotatable bonds is 6. The summed E-state index contributed by atoms with van der Waals surface area (Å²) in [6.07, 6.45) is 5.27. The Morgan fingerprint density at radius 3 is 2.70 bits per heavy atom. The van der Waals surface area contributed by atoms with Crippen molar-refractivity contribution in [2.75, 3.05) is 13.1 Å². The Kier molecular flexibility index (Phi) is 4.06. The maximum Gasteiger partial charge on any atom is 0.303 e. The normalized spacial score (nSPS) is 21.0. The number of nitrogens with zero attached hydrogens (tertiary/aromatic N) is 1. The van der Waals surface area contributed by atoms with E-state index in [2.05, 4.69) is 29.2 Å². The van der Waals surface area contributed by atoms with Crippen molar-refractivity contribution < 1.29 is 9.90 Å². The van der Waals surface area contributed by atoms with Crippen LogP contribution in [0.2, 0.25) is 0 Å². The molecule has 2 aliphatic rings. The molecule has 3 heteroatoms. The Bertz CT molecular complexity index is 476. The molecule has 2 fully saturated rings. The maximum absolute atomic E-state index is 11.1. The van der Waals surface area contributed by atoms with Gasteiger partial charge in [-0.05, 0) is 61.7 Å². The highest BCUT2D eigenvalue weighted by Crippen LogP contribution is 2.44. The van der Waals surface area contributed by atoms with Gasteiger partial charge in [-0.3, -0.25) is 9.69 Å². The molecule has 0 spiro atoms. The first kappa shape index (κ1) is 13.6. The molecule has 3 nitrogen and oxygen atoms in total. The molecule has 1 heterocycles. The molecule has 1 atom stereocenters. The third kappa shape index (κ3) is 3.40. The molecule has 1 saturated carbocycles. The van der Waals surface area contributed by atoms with Gasteiger partial charge in [0.05, 0.1) is 6.42 Å². The summed E-state index contributed by atoms with van der Waals surface area (Å²) < 4.78 is 0. The van der Waals surface area contributed by atoms with Crippen LogP contribution in [0.25, 0.3) is 0 Å². The topological polar surface area (TPSA) is 40.5 Å². The van der Waals surface area contributed by atoms with Crippen molar-refractivity contribution in [2.24, 2.45) is 5.92 Å². The fourth-order valence-electron chi connectivity index (χ4n) is 3.36. The van der Waals surface area contributed by atoms with Gasteiger partial charge < -0.3 is 5.11 Å². The van der Waals surface area contributed by atoms with Crippen LogP contribution >= 0.6 is 0 Å². The highest BCUT2D eigenvalue weighted by molar-refractivity contribution is 5.68. The van der Waals surface area contributed by atoms with E-state index in [4.69, 9.17) is 5.11 Å². The average molecular weight is 273 g/mol. The molecule has 0 aromatic heterocycles. The summed E-state index contributed by atoms with van der Waals surface area (Å²) in [5.41, 5.74) is 2.56. The van der Waals surface area contributed by atoms with Crippen molar-refractivity contribution in [1.29, 1.82) is 0 Å². The molecule has 1 aromatic carbocycles. The molecular weight excluding hydrogens is 250 g/mol. The van der Waals surface area contributed by atoms with Crippen molar-refractivity contribution in [3.05, 3.63) is 35.4 Å². The van der Waals surface area contributed by atoms with Crippen LogP contribution < -0.4 is 0 Å². The number of hydrogen-bond acceptors (Lipinski definition) is 2. The first-order valence-corrected chi connectivity index (χ1v) is 7.75. The minimum Gasteiger partial charge on any atom is -0.481 e. The zero-order chi connectivity index (χ0) is 13.9. The van der Waals surface area contributed by atoms with Gasteiger partial charge in [0.15, 0.2) is 0 Å². The molecule has 1 saturated heterocycles. The highest BCUT2D eigenvalue weighted by atomic mass is 16.4. The Hall–Kier alpha value is -1.35. The van der Waals surface area contributed by atoms with Crippen LogP contribution in [-0.2, 0) is 11.3 Å². The van der Waals surface area contributed by atoms with Crippen molar-refractivity contribution >= 4 is 5.97 Å². The summed E-state index contributed by atoms with van der Waals surface area (Å²) in [6, 6.07) is 8.62. The lowest BCUT2D eigenvalue weighted by Gasteiger charge is -2.18. The molecule has 1 N–H and O–H groups in total. The monoisotopic (exact) mass is 273 g/mol. The molecule has 1 aliphatic heterocycles. The number of hydrogen-bond donors (Lipinski definition) is 1. The van der Waals surface area contributed by atoms with Gasteiger partial charge in [-0.15, -0.1) is 0 Å². The molecule has 3 rings (SSSR count). The lowest BCUT2D eigenvalue weighted by atomic mass is 9.90. The van der Waals surface area contributed by atoms with Crippen LogP contribution in [-0.4, -0.2) is 29.1 Å². The molecule has 1 unspecified atom stereocenters. The summed E-state index contributed by atoms with van der Waals surface area (Å²) in [4.78, 5) is 13.6. The Morgan fingerprint density at radius 1 is 1.30 bits per heavy atom. The van der Waals surface area contributed by atoms with E-state index in [0.29, 0.717) is 5.92 Å².